The van der Waals surface area contributed by atoms with Gasteiger partial charge in [0, 0.05) is 0 Å². The van der Waals surface area contributed by atoms with Gasteiger partial charge >= 0.3 is 6.03 Å². The Kier molecular flexibility index (Phi) is 9.76. The molecule has 6 heteroatoms. The van der Waals surface area contributed by atoms with Gasteiger partial charge in [0.1, 0.15) is 0 Å². The van der Waals surface area contributed by atoms with Crippen molar-refractivity contribution < 1.29 is 14.6 Å². The second kappa shape index (κ2) is 9.80. The minimum atomic E-state index is -0.367. The van der Waals surface area contributed by atoms with E-state index in [2.05, 4.69) is 36.5 Å². The van der Waals surface area contributed by atoms with Crippen LogP contribution < -0.4 is 8.85 Å². The molecule has 0 aromatic heterocycles. The Morgan fingerprint density at radius 2 is 1.94 bits per heavy atom. The second-order valence-electron chi connectivity index (χ2n) is 5.19. The van der Waals surface area contributed by atoms with Gasteiger partial charge in [-0.05, 0) is 18.3 Å². The standard InChI is InChI=1S/C12H25IN2O3/c1-8(2)5-11(9(3)4)18-7-10(6-16)14-12(17)15-13/h8-11,16H,5-7H2,1-4H3,(H2,14,15,17). The van der Waals surface area contributed by atoms with Crippen LogP contribution in [0.3, 0.4) is 0 Å². The number of amides is 2. The molecule has 0 spiro atoms. The summed E-state index contributed by atoms with van der Waals surface area (Å²) in [6.07, 6.45) is 1.14. The lowest BCUT2D eigenvalue weighted by atomic mass is 9.97. The van der Waals surface area contributed by atoms with Crippen LogP contribution in [0.1, 0.15) is 34.1 Å². The smallest absolute Gasteiger partial charge is 0.323 e. The Bertz CT molecular complexity index is 237. The molecule has 2 unspecified atom stereocenters. The van der Waals surface area contributed by atoms with Gasteiger partial charge in [0.2, 0.25) is 0 Å². The molecule has 0 heterocycles. The van der Waals surface area contributed by atoms with Crippen molar-refractivity contribution in [2.45, 2.75) is 46.3 Å². The summed E-state index contributed by atoms with van der Waals surface area (Å²) in [6, 6.07) is -0.684. The minimum absolute atomic E-state index is 0.128. The van der Waals surface area contributed by atoms with Crippen LogP contribution in [0.5, 0.6) is 0 Å². The number of carbonyl (C=O) groups is 1. The van der Waals surface area contributed by atoms with Crippen LogP contribution in [0.2, 0.25) is 0 Å². The summed E-state index contributed by atoms with van der Waals surface area (Å²) in [5.41, 5.74) is 0. The summed E-state index contributed by atoms with van der Waals surface area (Å²) in [5, 5.41) is 11.8. The van der Waals surface area contributed by atoms with E-state index >= 15 is 0 Å². The molecule has 3 N–H and O–H groups in total. The molecule has 5 nitrogen and oxygen atoms in total. The van der Waals surface area contributed by atoms with E-state index in [-0.39, 0.29) is 24.8 Å². The number of carbonyl (C=O) groups excluding carboxylic acids is 1. The maximum atomic E-state index is 11.1. The predicted molar refractivity (Wildman–Crippen MR) is 80.6 cm³/mol. The molecule has 2 atom stereocenters. The molecule has 18 heavy (non-hydrogen) atoms. The number of aliphatic hydroxyl groups is 1. The molecule has 0 aliphatic carbocycles. The quantitative estimate of drug-likeness (QED) is 0.451. The molecule has 0 rings (SSSR count). The van der Waals surface area contributed by atoms with Gasteiger partial charge in [0.15, 0.2) is 0 Å². The van der Waals surface area contributed by atoms with Gasteiger partial charge in [-0.1, -0.05) is 27.7 Å². The average Bonchev–Trinajstić information content (AvgIpc) is 2.31. The van der Waals surface area contributed by atoms with Gasteiger partial charge in [0.25, 0.3) is 0 Å². The predicted octanol–water partition coefficient (Wildman–Crippen LogP) is 2.08. The van der Waals surface area contributed by atoms with E-state index in [1.54, 1.807) is 22.9 Å². The number of nitrogens with one attached hydrogen (secondary N) is 2. The Morgan fingerprint density at radius 1 is 1.33 bits per heavy atom. The molecule has 0 aromatic rings. The van der Waals surface area contributed by atoms with E-state index in [4.69, 9.17) is 4.74 Å². The maximum Gasteiger partial charge on any atom is 0.323 e. The second-order valence-corrected chi connectivity index (χ2v) is 5.73. The fourth-order valence-corrected chi connectivity index (χ4v) is 1.75. The summed E-state index contributed by atoms with van der Waals surface area (Å²) < 4.78 is 8.23. The summed E-state index contributed by atoms with van der Waals surface area (Å²) >= 11 is 1.75. The molecule has 2 amide bonds. The highest BCUT2D eigenvalue weighted by Crippen LogP contribution is 2.16. The Morgan fingerprint density at radius 3 is 2.33 bits per heavy atom. The average molecular weight is 372 g/mol. The molecular formula is C12H25IN2O3. The normalized spacial score (nSPS) is 14.7. The van der Waals surface area contributed by atoms with Crippen LogP contribution in [0.4, 0.5) is 4.79 Å². The van der Waals surface area contributed by atoms with E-state index in [0.717, 1.165) is 6.42 Å². The highest BCUT2D eigenvalue weighted by atomic mass is 127. The first-order valence-corrected chi connectivity index (χ1v) is 7.38. The molecule has 0 aliphatic heterocycles. The van der Waals surface area contributed by atoms with Crippen LogP contribution in [0, 0.1) is 11.8 Å². The largest absolute Gasteiger partial charge is 0.394 e. The first-order valence-electron chi connectivity index (χ1n) is 6.30. The first kappa shape index (κ1) is 17.9. The van der Waals surface area contributed by atoms with Gasteiger partial charge in [-0.25, -0.2) is 4.79 Å². The third kappa shape index (κ3) is 8.10. The number of halogens is 1. The van der Waals surface area contributed by atoms with E-state index in [0.29, 0.717) is 18.4 Å². The Hall–Kier alpha value is -0.0800. The van der Waals surface area contributed by atoms with Gasteiger partial charge in [-0.15, -0.1) is 0 Å². The van der Waals surface area contributed by atoms with Crippen LogP contribution in [0.25, 0.3) is 0 Å². The molecule has 0 bridgehead atoms. The van der Waals surface area contributed by atoms with Crippen molar-refractivity contribution in [2.24, 2.45) is 11.8 Å². The molecule has 0 aliphatic rings. The monoisotopic (exact) mass is 372 g/mol. The van der Waals surface area contributed by atoms with Crippen molar-refractivity contribution in [2.75, 3.05) is 13.2 Å². The molecular weight excluding hydrogens is 347 g/mol. The molecule has 0 aromatic carbocycles. The highest BCUT2D eigenvalue weighted by molar-refractivity contribution is 14.1. The zero-order chi connectivity index (χ0) is 14.1. The minimum Gasteiger partial charge on any atom is -0.394 e. The third-order valence-electron chi connectivity index (χ3n) is 2.60. The van der Waals surface area contributed by atoms with Crippen molar-refractivity contribution in [3.8, 4) is 0 Å². The maximum absolute atomic E-state index is 11.1. The Labute approximate surface area is 124 Å². The first-order chi connectivity index (χ1) is 8.40. The zero-order valence-electron chi connectivity index (χ0n) is 11.6. The fraction of sp³-hybridized carbons (Fsp3) is 0.917. The number of urea groups is 1. The van der Waals surface area contributed by atoms with E-state index in [1.807, 2.05) is 0 Å². The topological polar surface area (TPSA) is 70.6 Å². The van der Waals surface area contributed by atoms with Gasteiger partial charge in [-0.3, -0.25) is 3.53 Å². The van der Waals surface area contributed by atoms with Gasteiger partial charge < -0.3 is 15.2 Å². The van der Waals surface area contributed by atoms with Crippen molar-refractivity contribution in [3.05, 3.63) is 0 Å². The lowest BCUT2D eigenvalue weighted by molar-refractivity contribution is -0.00759. The molecule has 0 fully saturated rings. The summed E-state index contributed by atoms with van der Waals surface area (Å²) in [5.74, 6) is 0.987. The van der Waals surface area contributed by atoms with Gasteiger partial charge in [0.05, 0.1) is 48.2 Å². The summed E-state index contributed by atoms with van der Waals surface area (Å²) in [4.78, 5) is 11.1. The lowest BCUT2D eigenvalue weighted by Gasteiger charge is -2.26. The number of aliphatic hydroxyl groups excluding tert-OH is 1. The van der Waals surface area contributed by atoms with Crippen LogP contribution in [0.15, 0.2) is 0 Å². The van der Waals surface area contributed by atoms with Crippen molar-refractivity contribution in [1.29, 1.82) is 0 Å². The number of ether oxygens (including phenoxy) is 1. The van der Waals surface area contributed by atoms with E-state index in [9.17, 15) is 9.90 Å². The highest BCUT2D eigenvalue weighted by Gasteiger charge is 2.18. The zero-order valence-corrected chi connectivity index (χ0v) is 13.7. The Balaban J connectivity index is 4.17. The van der Waals surface area contributed by atoms with E-state index < -0.39 is 0 Å². The van der Waals surface area contributed by atoms with Crippen molar-refractivity contribution in [3.63, 3.8) is 0 Å². The van der Waals surface area contributed by atoms with Crippen molar-refractivity contribution in [1.82, 2.24) is 8.85 Å². The molecule has 0 saturated heterocycles. The lowest BCUT2D eigenvalue weighted by Crippen LogP contribution is -2.44. The number of hydrogen-bond acceptors (Lipinski definition) is 3. The molecule has 0 radical (unpaired) electrons. The third-order valence-corrected chi connectivity index (χ3v) is 3.09. The number of hydrogen-bond donors (Lipinski definition) is 3. The van der Waals surface area contributed by atoms with Crippen LogP contribution >= 0.6 is 22.9 Å². The number of rotatable bonds is 8. The fourth-order valence-electron chi connectivity index (χ4n) is 1.59. The van der Waals surface area contributed by atoms with Crippen LogP contribution in [-0.4, -0.2) is 36.5 Å². The summed E-state index contributed by atoms with van der Waals surface area (Å²) in [7, 11) is 0. The van der Waals surface area contributed by atoms with E-state index in [1.165, 1.54) is 0 Å². The molecule has 108 valence electrons. The summed E-state index contributed by atoms with van der Waals surface area (Å²) in [6.45, 7) is 8.75. The van der Waals surface area contributed by atoms with Crippen LogP contribution in [-0.2, 0) is 4.74 Å². The SMILES string of the molecule is CC(C)CC(OCC(CO)NC(=O)NI)C(C)C. The molecule has 0 saturated carbocycles. The van der Waals surface area contributed by atoms with Crippen molar-refractivity contribution >= 4 is 28.9 Å². The van der Waals surface area contributed by atoms with Gasteiger partial charge in [-0.2, -0.15) is 0 Å².